The predicted molar refractivity (Wildman–Crippen MR) is 114 cm³/mol. The molecule has 1 aliphatic carbocycles. The van der Waals surface area contributed by atoms with E-state index in [4.69, 9.17) is 14.1 Å². The first-order valence-corrected chi connectivity index (χ1v) is 10.8. The van der Waals surface area contributed by atoms with Gasteiger partial charge in [-0.25, -0.2) is 4.63 Å². The molecule has 31 heavy (non-hydrogen) atoms. The first-order valence-electron chi connectivity index (χ1n) is 10.8. The maximum absolute atomic E-state index is 12.4. The van der Waals surface area contributed by atoms with E-state index in [2.05, 4.69) is 26.6 Å². The molecule has 1 saturated carbocycles. The summed E-state index contributed by atoms with van der Waals surface area (Å²) in [5.74, 6) is 1.23. The van der Waals surface area contributed by atoms with Gasteiger partial charge in [-0.1, -0.05) is 6.07 Å². The zero-order valence-corrected chi connectivity index (χ0v) is 17.5. The number of methoxy groups -OCH3 is 1. The fourth-order valence-corrected chi connectivity index (χ4v) is 3.96. The van der Waals surface area contributed by atoms with Gasteiger partial charge < -0.3 is 14.8 Å². The molecule has 1 saturated heterocycles. The molecule has 162 valence electrons. The first kappa shape index (κ1) is 19.8. The van der Waals surface area contributed by atoms with Gasteiger partial charge in [0.2, 0.25) is 0 Å². The topological polar surface area (TPSA) is 89.7 Å². The van der Waals surface area contributed by atoms with E-state index in [9.17, 15) is 4.79 Å². The SMILES string of the molecule is COc1ccc(C(=O)NC2CC2)cc1OC1CCN(Cc2ccc3nonc3c2)CC1. The number of nitrogens with zero attached hydrogens (tertiary/aromatic N) is 3. The largest absolute Gasteiger partial charge is 0.493 e. The molecule has 2 fully saturated rings. The van der Waals surface area contributed by atoms with Crippen LogP contribution in [0.5, 0.6) is 11.5 Å². The highest BCUT2D eigenvalue weighted by atomic mass is 16.6. The number of benzene rings is 2. The minimum Gasteiger partial charge on any atom is -0.493 e. The average molecular weight is 422 g/mol. The molecule has 1 aliphatic heterocycles. The molecule has 0 radical (unpaired) electrons. The number of aromatic nitrogens is 2. The fraction of sp³-hybridized carbons (Fsp3) is 0.435. The van der Waals surface area contributed by atoms with Crippen molar-refractivity contribution < 1.29 is 18.9 Å². The Hall–Kier alpha value is -3.13. The molecular weight excluding hydrogens is 396 g/mol. The maximum Gasteiger partial charge on any atom is 0.251 e. The highest BCUT2D eigenvalue weighted by Gasteiger charge is 2.25. The van der Waals surface area contributed by atoms with Crippen LogP contribution in [0.3, 0.4) is 0 Å². The summed E-state index contributed by atoms with van der Waals surface area (Å²) < 4.78 is 16.5. The van der Waals surface area contributed by atoms with Crippen LogP contribution in [0, 0.1) is 0 Å². The van der Waals surface area contributed by atoms with Crippen LogP contribution in [-0.4, -0.2) is 53.5 Å². The number of ether oxygens (including phenoxy) is 2. The van der Waals surface area contributed by atoms with Gasteiger partial charge in [-0.3, -0.25) is 9.69 Å². The summed E-state index contributed by atoms with van der Waals surface area (Å²) in [7, 11) is 1.62. The van der Waals surface area contributed by atoms with Crippen LogP contribution in [0.4, 0.5) is 0 Å². The molecule has 2 heterocycles. The molecule has 0 atom stereocenters. The number of hydrogen-bond acceptors (Lipinski definition) is 7. The minimum absolute atomic E-state index is 0.0518. The van der Waals surface area contributed by atoms with E-state index < -0.39 is 0 Å². The Bertz CT molecular complexity index is 1070. The molecule has 1 N–H and O–H groups in total. The molecule has 5 rings (SSSR count). The molecule has 2 aliphatic rings. The van der Waals surface area contributed by atoms with E-state index >= 15 is 0 Å². The second-order valence-electron chi connectivity index (χ2n) is 8.29. The summed E-state index contributed by atoms with van der Waals surface area (Å²) in [6.07, 6.45) is 4.04. The number of rotatable bonds is 7. The zero-order chi connectivity index (χ0) is 21.2. The average Bonchev–Trinajstić information content (AvgIpc) is 3.48. The van der Waals surface area contributed by atoms with Crippen molar-refractivity contribution in [3.63, 3.8) is 0 Å². The maximum atomic E-state index is 12.4. The van der Waals surface area contributed by atoms with Crippen molar-refractivity contribution in [1.29, 1.82) is 0 Å². The van der Waals surface area contributed by atoms with Gasteiger partial charge in [-0.05, 0) is 71.9 Å². The Kier molecular flexibility index (Phi) is 5.46. The van der Waals surface area contributed by atoms with Gasteiger partial charge in [0, 0.05) is 31.2 Å². The third-order valence-corrected chi connectivity index (χ3v) is 5.89. The molecule has 8 heteroatoms. The van der Waals surface area contributed by atoms with Crippen LogP contribution in [0.1, 0.15) is 41.6 Å². The summed E-state index contributed by atoms with van der Waals surface area (Å²) in [4.78, 5) is 14.8. The van der Waals surface area contributed by atoms with Gasteiger partial charge >= 0.3 is 0 Å². The van der Waals surface area contributed by atoms with Crippen LogP contribution in [-0.2, 0) is 6.54 Å². The highest BCUT2D eigenvalue weighted by Crippen LogP contribution is 2.31. The summed E-state index contributed by atoms with van der Waals surface area (Å²) in [5, 5.41) is 10.8. The zero-order valence-electron chi connectivity index (χ0n) is 17.5. The summed E-state index contributed by atoms with van der Waals surface area (Å²) in [5.41, 5.74) is 3.36. The normalized spacial score (nSPS) is 17.6. The summed E-state index contributed by atoms with van der Waals surface area (Å²) in [6, 6.07) is 11.7. The van der Waals surface area contributed by atoms with Crippen LogP contribution in [0.25, 0.3) is 11.0 Å². The lowest BCUT2D eigenvalue weighted by Crippen LogP contribution is -2.37. The van der Waals surface area contributed by atoms with Crippen molar-refractivity contribution >= 4 is 16.9 Å². The number of carbonyl (C=O) groups is 1. The lowest BCUT2D eigenvalue weighted by Gasteiger charge is -2.32. The molecular formula is C23H26N4O4. The number of fused-ring (bicyclic) bond motifs is 1. The first-order chi connectivity index (χ1) is 15.2. The number of amides is 1. The second-order valence-corrected chi connectivity index (χ2v) is 8.29. The van der Waals surface area contributed by atoms with Gasteiger partial charge in [-0.15, -0.1) is 0 Å². The third-order valence-electron chi connectivity index (χ3n) is 5.89. The molecule has 0 spiro atoms. The number of hydrogen-bond donors (Lipinski definition) is 1. The van der Waals surface area contributed by atoms with Crippen molar-refractivity contribution in [3.8, 4) is 11.5 Å². The smallest absolute Gasteiger partial charge is 0.251 e. The second kappa shape index (κ2) is 8.55. The van der Waals surface area contributed by atoms with Crippen LogP contribution >= 0.6 is 0 Å². The number of carbonyl (C=O) groups excluding carboxylic acids is 1. The van der Waals surface area contributed by atoms with E-state index in [0.717, 1.165) is 56.4 Å². The molecule has 3 aromatic rings. The number of likely N-dealkylation sites (tertiary alicyclic amines) is 1. The molecule has 0 unspecified atom stereocenters. The molecule has 1 amide bonds. The monoisotopic (exact) mass is 422 g/mol. The van der Waals surface area contributed by atoms with Gasteiger partial charge in [0.05, 0.1) is 7.11 Å². The quantitative estimate of drug-likeness (QED) is 0.625. The van der Waals surface area contributed by atoms with E-state index in [1.807, 2.05) is 12.1 Å². The Morgan fingerprint density at radius 2 is 1.87 bits per heavy atom. The van der Waals surface area contributed by atoms with Gasteiger partial charge in [0.1, 0.15) is 17.1 Å². The van der Waals surface area contributed by atoms with Gasteiger partial charge in [-0.2, -0.15) is 0 Å². The van der Waals surface area contributed by atoms with Crippen molar-refractivity contribution in [3.05, 3.63) is 47.5 Å². The lowest BCUT2D eigenvalue weighted by molar-refractivity contribution is 0.0923. The minimum atomic E-state index is -0.0518. The molecule has 1 aromatic heterocycles. The lowest BCUT2D eigenvalue weighted by atomic mass is 10.1. The van der Waals surface area contributed by atoms with Crippen molar-refractivity contribution in [2.45, 2.75) is 44.4 Å². The molecule has 2 aromatic carbocycles. The van der Waals surface area contributed by atoms with Gasteiger partial charge in [0.15, 0.2) is 11.5 Å². The predicted octanol–water partition coefficient (Wildman–Crippen LogP) is 3.17. The van der Waals surface area contributed by atoms with Crippen molar-refractivity contribution in [2.24, 2.45) is 0 Å². The highest BCUT2D eigenvalue weighted by molar-refractivity contribution is 5.95. The molecule has 8 nitrogen and oxygen atoms in total. The van der Waals surface area contributed by atoms with E-state index in [-0.39, 0.29) is 12.0 Å². The Balaban J connectivity index is 1.19. The fourth-order valence-electron chi connectivity index (χ4n) is 3.96. The standard InChI is InChI=1S/C23H26N4O4/c1-29-21-7-3-16(23(28)24-17-4-5-17)13-22(21)30-18-8-10-27(11-9-18)14-15-2-6-19-20(12-15)26-31-25-19/h2-3,6-7,12-13,17-18H,4-5,8-11,14H2,1H3,(H,24,28). The Morgan fingerprint density at radius 1 is 1.06 bits per heavy atom. The molecule has 0 bridgehead atoms. The van der Waals surface area contributed by atoms with Crippen LogP contribution in [0.2, 0.25) is 0 Å². The Morgan fingerprint density at radius 3 is 2.65 bits per heavy atom. The number of nitrogens with one attached hydrogen (secondary N) is 1. The van der Waals surface area contributed by atoms with Crippen LogP contribution in [0.15, 0.2) is 41.0 Å². The summed E-state index contributed by atoms with van der Waals surface area (Å²) >= 11 is 0. The van der Waals surface area contributed by atoms with Crippen molar-refractivity contribution in [1.82, 2.24) is 20.5 Å². The van der Waals surface area contributed by atoms with Crippen LogP contribution < -0.4 is 14.8 Å². The van der Waals surface area contributed by atoms with E-state index in [0.29, 0.717) is 23.1 Å². The number of piperidine rings is 1. The van der Waals surface area contributed by atoms with Crippen molar-refractivity contribution in [2.75, 3.05) is 20.2 Å². The van der Waals surface area contributed by atoms with E-state index in [1.165, 1.54) is 5.56 Å². The Labute approximate surface area is 180 Å². The van der Waals surface area contributed by atoms with Gasteiger partial charge in [0.25, 0.3) is 5.91 Å². The third kappa shape index (κ3) is 4.64. The van der Waals surface area contributed by atoms with E-state index in [1.54, 1.807) is 25.3 Å². The summed E-state index contributed by atoms with van der Waals surface area (Å²) in [6.45, 7) is 2.73.